The predicted molar refractivity (Wildman–Crippen MR) is 77.4 cm³/mol. The van der Waals surface area contributed by atoms with E-state index in [9.17, 15) is 0 Å². The Morgan fingerprint density at radius 1 is 1.21 bits per heavy atom. The van der Waals surface area contributed by atoms with E-state index in [0.717, 1.165) is 26.0 Å². The molecule has 0 bridgehead atoms. The third-order valence-corrected chi connectivity index (χ3v) is 3.65. The molecular formula is C16H25NO2. The molecule has 1 aliphatic carbocycles. The van der Waals surface area contributed by atoms with Gasteiger partial charge in [-0.25, -0.2) is 0 Å². The minimum atomic E-state index is 0.260. The molecule has 0 radical (unpaired) electrons. The topological polar surface area (TPSA) is 30.5 Å². The van der Waals surface area contributed by atoms with Crippen LogP contribution in [0.3, 0.4) is 0 Å². The summed E-state index contributed by atoms with van der Waals surface area (Å²) in [5, 5.41) is 3.57. The number of nitrogens with one attached hydrogen (secondary N) is 1. The molecule has 0 aromatic heterocycles. The summed E-state index contributed by atoms with van der Waals surface area (Å²) in [5.74, 6) is 0. The van der Waals surface area contributed by atoms with Gasteiger partial charge < -0.3 is 14.8 Å². The van der Waals surface area contributed by atoms with E-state index < -0.39 is 0 Å². The Labute approximate surface area is 116 Å². The van der Waals surface area contributed by atoms with Crippen molar-refractivity contribution in [3.8, 4) is 0 Å². The first-order valence-corrected chi connectivity index (χ1v) is 7.37. The lowest BCUT2D eigenvalue weighted by atomic mass is 9.85. The highest BCUT2D eigenvalue weighted by Gasteiger charge is 2.29. The van der Waals surface area contributed by atoms with E-state index in [0.29, 0.717) is 19.3 Å². The zero-order chi connectivity index (χ0) is 13.5. The fraction of sp³-hybridized carbons (Fsp3) is 0.625. The maximum absolute atomic E-state index is 6.02. The average Bonchev–Trinajstić information content (AvgIpc) is 2.45. The lowest BCUT2D eigenvalue weighted by molar-refractivity contribution is -0.0166. The second-order valence-electron chi connectivity index (χ2n) is 4.88. The van der Waals surface area contributed by atoms with Crippen molar-refractivity contribution in [1.29, 1.82) is 0 Å². The zero-order valence-corrected chi connectivity index (χ0v) is 12.0. The largest absolute Gasteiger partial charge is 0.379 e. The van der Waals surface area contributed by atoms with E-state index in [1.165, 1.54) is 11.1 Å². The van der Waals surface area contributed by atoms with Crippen LogP contribution in [0.25, 0.3) is 0 Å². The van der Waals surface area contributed by atoms with Gasteiger partial charge in [0, 0.05) is 6.61 Å². The van der Waals surface area contributed by atoms with Crippen LogP contribution < -0.4 is 5.32 Å². The molecule has 106 valence electrons. The van der Waals surface area contributed by atoms with Gasteiger partial charge in [-0.2, -0.15) is 0 Å². The lowest BCUT2D eigenvalue weighted by Crippen LogP contribution is -2.38. The minimum absolute atomic E-state index is 0.260. The summed E-state index contributed by atoms with van der Waals surface area (Å²) >= 11 is 0. The van der Waals surface area contributed by atoms with E-state index in [-0.39, 0.29) is 6.10 Å². The molecule has 0 aliphatic heterocycles. The summed E-state index contributed by atoms with van der Waals surface area (Å²) in [7, 11) is 0. The van der Waals surface area contributed by atoms with Gasteiger partial charge in [-0.3, -0.25) is 0 Å². The first kappa shape index (κ1) is 14.5. The summed E-state index contributed by atoms with van der Waals surface area (Å²) < 4.78 is 11.4. The molecule has 1 aromatic rings. The maximum Gasteiger partial charge on any atom is 0.0774 e. The van der Waals surface area contributed by atoms with Crippen molar-refractivity contribution < 1.29 is 9.47 Å². The highest BCUT2D eigenvalue weighted by Crippen LogP contribution is 2.31. The van der Waals surface area contributed by atoms with Gasteiger partial charge in [0.25, 0.3) is 0 Å². The predicted octanol–water partition coefficient (Wildman–Crippen LogP) is 2.71. The number of benzene rings is 1. The molecule has 0 spiro atoms. The van der Waals surface area contributed by atoms with Crippen LogP contribution in [0.5, 0.6) is 0 Å². The Hall–Kier alpha value is -0.900. The Balaban J connectivity index is 2.00. The Bertz CT molecular complexity index is 381. The maximum atomic E-state index is 6.02. The second kappa shape index (κ2) is 7.63. The molecule has 0 saturated carbocycles. The molecule has 0 heterocycles. The second-order valence-corrected chi connectivity index (χ2v) is 4.88. The number of aryl methyl sites for hydroxylation is 1. The van der Waals surface area contributed by atoms with Crippen LogP contribution in [0.2, 0.25) is 0 Å². The molecule has 2 rings (SSSR count). The SMILES string of the molecule is CCNC1c2ccccc2CCC1OCCOCC. The van der Waals surface area contributed by atoms with Gasteiger partial charge in [0.15, 0.2) is 0 Å². The first-order valence-electron chi connectivity index (χ1n) is 7.37. The molecule has 2 unspecified atom stereocenters. The number of ether oxygens (including phenoxy) is 2. The molecule has 1 N–H and O–H groups in total. The van der Waals surface area contributed by atoms with Crippen molar-refractivity contribution in [2.24, 2.45) is 0 Å². The highest BCUT2D eigenvalue weighted by atomic mass is 16.5. The van der Waals surface area contributed by atoms with Gasteiger partial charge in [-0.1, -0.05) is 31.2 Å². The van der Waals surface area contributed by atoms with Gasteiger partial charge in [0.05, 0.1) is 25.4 Å². The number of hydrogen-bond acceptors (Lipinski definition) is 3. The molecule has 1 aliphatic rings. The third kappa shape index (κ3) is 3.78. The van der Waals surface area contributed by atoms with Gasteiger partial charge >= 0.3 is 0 Å². The quantitative estimate of drug-likeness (QED) is 0.767. The summed E-state index contributed by atoms with van der Waals surface area (Å²) in [5.41, 5.74) is 2.86. The van der Waals surface area contributed by atoms with Gasteiger partial charge in [0.2, 0.25) is 0 Å². The fourth-order valence-electron chi connectivity index (χ4n) is 2.77. The number of hydrogen-bond donors (Lipinski definition) is 1. The van der Waals surface area contributed by atoms with Crippen molar-refractivity contribution in [2.45, 2.75) is 38.8 Å². The Kier molecular flexibility index (Phi) is 5.83. The summed E-state index contributed by atoms with van der Waals surface area (Å²) in [6.45, 7) is 7.25. The van der Waals surface area contributed by atoms with Crippen LogP contribution >= 0.6 is 0 Å². The van der Waals surface area contributed by atoms with Crippen LogP contribution in [0.15, 0.2) is 24.3 Å². The average molecular weight is 263 g/mol. The summed E-state index contributed by atoms with van der Waals surface area (Å²) in [6, 6.07) is 9.01. The van der Waals surface area contributed by atoms with Crippen molar-refractivity contribution in [2.75, 3.05) is 26.4 Å². The highest BCUT2D eigenvalue weighted by molar-refractivity contribution is 5.33. The summed E-state index contributed by atoms with van der Waals surface area (Å²) in [4.78, 5) is 0. The lowest BCUT2D eigenvalue weighted by Gasteiger charge is -2.34. The third-order valence-electron chi connectivity index (χ3n) is 3.65. The molecule has 0 amide bonds. The number of likely N-dealkylation sites (N-methyl/N-ethyl adjacent to an activating group) is 1. The van der Waals surface area contributed by atoms with Crippen molar-refractivity contribution in [3.63, 3.8) is 0 Å². The van der Waals surface area contributed by atoms with Crippen molar-refractivity contribution >= 4 is 0 Å². The van der Waals surface area contributed by atoms with E-state index in [2.05, 4.69) is 36.5 Å². The van der Waals surface area contributed by atoms with Gasteiger partial charge in [-0.05, 0) is 37.4 Å². The molecule has 2 atom stereocenters. The first-order chi connectivity index (χ1) is 9.36. The molecule has 3 heteroatoms. The van der Waals surface area contributed by atoms with Crippen LogP contribution in [0.1, 0.15) is 37.4 Å². The number of fused-ring (bicyclic) bond motifs is 1. The molecule has 19 heavy (non-hydrogen) atoms. The fourth-order valence-corrected chi connectivity index (χ4v) is 2.77. The Morgan fingerprint density at radius 2 is 2.05 bits per heavy atom. The Morgan fingerprint density at radius 3 is 2.84 bits per heavy atom. The van der Waals surface area contributed by atoms with E-state index >= 15 is 0 Å². The van der Waals surface area contributed by atoms with Crippen LogP contribution in [0.4, 0.5) is 0 Å². The van der Waals surface area contributed by atoms with E-state index in [4.69, 9.17) is 9.47 Å². The standard InChI is InChI=1S/C16H25NO2/c1-3-17-16-14-8-6-5-7-13(14)9-10-15(16)19-12-11-18-4-2/h5-8,15-17H,3-4,9-12H2,1-2H3. The van der Waals surface area contributed by atoms with Crippen molar-refractivity contribution in [3.05, 3.63) is 35.4 Å². The van der Waals surface area contributed by atoms with E-state index in [1.807, 2.05) is 6.92 Å². The van der Waals surface area contributed by atoms with E-state index in [1.54, 1.807) is 0 Å². The van der Waals surface area contributed by atoms with Crippen LogP contribution in [-0.2, 0) is 15.9 Å². The van der Waals surface area contributed by atoms with Crippen molar-refractivity contribution in [1.82, 2.24) is 5.32 Å². The smallest absolute Gasteiger partial charge is 0.0774 e. The number of rotatable bonds is 7. The molecular weight excluding hydrogens is 238 g/mol. The minimum Gasteiger partial charge on any atom is -0.379 e. The normalized spacial score (nSPS) is 22.2. The van der Waals surface area contributed by atoms with Crippen LogP contribution in [0, 0.1) is 0 Å². The molecule has 0 fully saturated rings. The monoisotopic (exact) mass is 263 g/mol. The molecule has 0 saturated heterocycles. The summed E-state index contributed by atoms with van der Waals surface area (Å²) in [6.07, 6.45) is 2.45. The zero-order valence-electron chi connectivity index (χ0n) is 12.0. The van der Waals surface area contributed by atoms with Gasteiger partial charge in [0.1, 0.15) is 0 Å². The van der Waals surface area contributed by atoms with Crippen LogP contribution in [-0.4, -0.2) is 32.5 Å². The molecule has 1 aromatic carbocycles. The van der Waals surface area contributed by atoms with Gasteiger partial charge in [-0.15, -0.1) is 0 Å². The molecule has 3 nitrogen and oxygen atoms in total.